The molecule has 0 saturated heterocycles. The average molecular weight is 423 g/mol. The van der Waals surface area contributed by atoms with Gasteiger partial charge in [0, 0.05) is 26.7 Å². The fourth-order valence-electron chi connectivity index (χ4n) is 2.99. The Hall–Kier alpha value is -3.37. The number of carbonyl (C=O) groups excluding carboxylic acids is 1. The van der Waals surface area contributed by atoms with Gasteiger partial charge in [0.1, 0.15) is 6.54 Å². The number of nitrogens with one attached hydrogen (secondary N) is 1. The molecule has 11 heteroatoms. The second-order valence-corrected chi connectivity index (χ2v) is 7.27. The molecule has 1 atom stereocenters. The Labute approximate surface area is 168 Å². The van der Waals surface area contributed by atoms with Crippen molar-refractivity contribution in [1.82, 2.24) is 18.7 Å². The third-order valence-electron chi connectivity index (χ3n) is 5.07. The number of hydrogen-bond acceptors (Lipinski definition) is 4. The number of halogens is 3. The van der Waals surface area contributed by atoms with E-state index < -0.39 is 28.7 Å². The molecule has 1 amide bonds. The number of benzene rings is 1. The quantitative estimate of drug-likeness (QED) is 0.679. The first kappa shape index (κ1) is 21.3. The number of anilines is 1. The van der Waals surface area contributed by atoms with Crippen LogP contribution in [-0.4, -0.2) is 30.5 Å². The van der Waals surface area contributed by atoms with Crippen LogP contribution in [0.25, 0.3) is 11.2 Å². The zero-order valence-corrected chi connectivity index (χ0v) is 16.7. The Kier molecular flexibility index (Phi) is 5.09. The lowest BCUT2D eigenvalue weighted by molar-refractivity contribution is -0.119. The number of aryl methyl sites for hydroxylation is 1. The molecule has 3 aromatic rings. The van der Waals surface area contributed by atoms with E-state index in [-0.39, 0.29) is 29.0 Å². The maximum atomic E-state index is 14.4. The Balaban J connectivity index is 1.82. The highest BCUT2D eigenvalue weighted by Gasteiger charge is 2.48. The molecule has 160 valence electrons. The average Bonchev–Trinajstić information content (AvgIpc) is 3.07. The predicted molar refractivity (Wildman–Crippen MR) is 104 cm³/mol. The molecule has 0 aliphatic carbocycles. The number of alkyl halides is 3. The molecule has 2 heterocycles. The number of fused-ring (bicyclic) bond motifs is 1. The summed E-state index contributed by atoms with van der Waals surface area (Å²) in [5.74, 6) is -4.10. The Bertz CT molecular complexity index is 1230. The van der Waals surface area contributed by atoms with Crippen LogP contribution in [0.1, 0.15) is 19.4 Å². The number of carbonyl (C=O) groups is 1. The zero-order chi connectivity index (χ0) is 22.4. The van der Waals surface area contributed by atoms with Crippen molar-refractivity contribution in [1.29, 1.82) is 0 Å². The lowest BCUT2D eigenvalue weighted by Gasteiger charge is -2.27. The van der Waals surface area contributed by atoms with E-state index in [9.17, 15) is 27.6 Å². The summed E-state index contributed by atoms with van der Waals surface area (Å²) in [6.45, 7) is 1.01. The first-order chi connectivity index (χ1) is 13.8. The molecule has 0 bridgehead atoms. The number of hydrogen-bond donors (Lipinski definition) is 1. The van der Waals surface area contributed by atoms with E-state index >= 15 is 0 Å². The molecular formula is C19H20F3N5O3. The SMILES string of the molecule is Cn1c(=O)c2c(ncn2CC(=O)Nc2ccc(C(C)(F)C(C)(F)F)cc2)n(C)c1=O. The molecule has 8 nitrogen and oxygen atoms in total. The van der Waals surface area contributed by atoms with Gasteiger partial charge in [-0.2, -0.15) is 0 Å². The summed E-state index contributed by atoms with van der Waals surface area (Å²) < 4.78 is 44.7. The molecule has 0 aliphatic heterocycles. The first-order valence-electron chi connectivity index (χ1n) is 8.92. The summed E-state index contributed by atoms with van der Waals surface area (Å²) in [5, 5.41) is 2.55. The second-order valence-electron chi connectivity index (χ2n) is 7.27. The van der Waals surface area contributed by atoms with Gasteiger partial charge in [-0.05, 0) is 24.6 Å². The summed E-state index contributed by atoms with van der Waals surface area (Å²) >= 11 is 0. The van der Waals surface area contributed by atoms with Crippen LogP contribution >= 0.6 is 0 Å². The largest absolute Gasteiger partial charge is 0.332 e. The van der Waals surface area contributed by atoms with E-state index in [0.717, 1.165) is 11.5 Å². The standard InChI is InChI=1S/C19H20F3N5O3/c1-18(20,19(2,21)22)11-5-7-12(8-6-11)24-13(28)9-27-10-23-15-14(27)16(29)26(4)17(30)25(15)3/h5-8,10H,9H2,1-4H3,(H,24,28). The van der Waals surface area contributed by atoms with Crippen molar-refractivity contribution < 1.29 is 18.0 Å². The topological polar surface area (TPSA) is 90.9 Å². The second kappa shape index (κ2) is 7.15. The van der Waals surface area contributed by atoms with Crippen molar-refractivity contribution >= 4 is 22.8 Å². The molecule has 0 aliphatic rings. The van der Waals surface area contributed by atoms with Crippen LogP contribution in [0, 0.1) is 0 Å². The molecule has 30 heavy (non-hydrogen) atoms. The molecule has 0 radical (unpaired) electrons. The number of aromatic nitrogens is 4. The minimum Gasteiger partial charge on any atom is -0.325 e. The summed E-state index contributed by atoms with van der Waals surface area (Å²) in [7, 11) is 2.78. The lowest BCUT2D eigenvalue weighted by Crippen LogP contribution is -2.37. The number of amides is 1. The van der Waals surface area contributed by atoms with Crippen LogP contribution in [-0.2, 0) is 31.1 Å². The maximum absolute atomic E-state index is 14.4. The van der Waals surface area contributed by atoms with E-state index in [1.807, 2.05) is 0 Å². The third-order valence-corrected chi connectivity index (χ3v) is 5.07. The van der Waals surface area contributed by atoms with Crippen LogP contribution in [0.15, 0.2) is 40.2 Å². The fraction of sp³-hybridized carbons (Fsp3) is 0.368. The first-order valence-corrected chi connectivity index (χ1v) is 8.92. The summed E-state index contributed by atoms with van der Waals surface area (Å²) in [5.41, 5.74) is -3.72. The summed E-state index contributed by atoms with van der Waals surface area (Å²) in [6.07, 6.45) is 1.27. The van der Waals surface area contributed by atoms with E-state index in [2.05, 4.69) is 10.3 Å². The smallest absolute Gasteiger partial charge is 0.325 e. The molecule has 1 aromatic carbocycles. The molecule has 2 aromatic heterocycles. The highest BCUT2D eigenvalue weighted by Crippen LogP contribution is 2.40. The normalized spacial score (nSPS) is 14.0. The molecule has 1 N–H and O–H groups in total. The van der Waals surface area contributed by atoms with E-state index in [1.54, 1.807) is 0 Å². The van der Waals surface area contributed by atoms with Gasteiger partial charge in [-0.25, -0.2) is 22.9 Å². The van der Waals surface area contributed by atoms with Crippen molar-refractivity contribution in [2.24, 2.45) is 14.1 Å². The third kappa shape index (κ3) is 3.51. The van der Waals surface area contributed by atoms with E-state index in [1.165, 1.54) is 53.8 Å². The van der Waals surface area contributed by atoms with Gasteiger partial charge in [0.05, 0.1) is 6.33 Å². The Morgan fingerprint density at radius 2 is 1.67 bits per heavy atom. The summed E-state index contributed by atoms with van der Waals surface area (Å²) in [6, 6.07) is 4.97. The van der Waals surface area contributed by atoms with Gasteiger partial charge in [-0.15, -0.1) is 0 Å². The predicted octanol–water partition coefficient (Wildman–Crippen LogP) is 1.91. The Morgan fingerprint density at radius 1 is 1.07 bits per heavy atom. The maximum Gasteiger partial charge on any atom is 0.332 e. The molecular weight excluding hydrogens is 403 g/mol. The fourth-order valence-corrected chi connectivity index (χ4v) is 2.99. The van der Waals surface area contributed by atoms with E-state index in [4.69, 9.17) is 0 Å². The molecule has 0 saturated carbocycles. The van der Waals surface area contributed by atoms with Gasteiger partial charge in [-0.3, -0.25) is 18.7 Å². The zero-order valence-electron chi connectivity index (χ0n) is 16.7. The van der Waals surface area contributed by atoms with Crippen molar-refractivity contribution in [3.05, 3.63) is 57.0 Å². The van der Waals surface area contributed by atoms with Gasteiger partial charge in [0.25, 0.3) is 11.5 Å². The lowest BCUT2D eigenvalue weighted by atomic mass is 9.92. The van der Waals surface area contributed by atoms with Gasteiger partial charge >= 0.3 is 5.69 Å². The molecule has 1 unspecified atom stereocenters. The molecule has 0 spiro atoms. The minimum atomic E-state index is -3.58. The monoisotopic (exact) mass is 423 g/mol. The highest BCUT2D eigenvalue weighted by atomic mass is 19.3. The van der Waals surface area contributed by atoms with Crippen molar-refractivity contribution in [3.8, 4) is 0 Å². The van der Waals surface area contributed by atoms with Gasteiger partial charge in [0.2, 0.25) is 5.91 Å². The van der Waals surface area contributed by atoms with Gasteiger partial charge < -0.3 is 9.88 Å². The minimum absolute atomic E-state index is 0.0865. The van der Waals surface area contributed by atoms with Crippen molar-refractivity contribution in [2.75, 3.05) is 5.32 Å². The van der Waals surface area contributed by atoms with E-state index in [0.29, 0.717) is 6.92 Å². The van der Waals surface area contributed by atoms with Gasteiger partial charge in [-0.1, -0.05) is 12.1 Å². The van der Waals surface area contributed by atoms with Crippen LogP contribution in [0.3, 0.4) is 0 Å². The molecule has 0 fully saturated rings. The highest BCUT2D eigenvalue weighted by molar-refractivity contribution is 5.91. The van der Waals surface area contributed by atoms with Crippen LogP contribution in [0.5, 0.6) is 0 Å². The van der Waals surface area contributed by atoms with Crippen molar-refractivity contribution in [3.63, 3.8) is 0 Å². The number of imidazole rings is 1. The summed E-state index contributed by atoms with van der Waals surface area (Å²) in [4.78, 5) is 40.8. The van der Waals surface area contributed by atoms with Crippen LogP contribution < -0.4 is 16.6 Å². The number of nitrogens with zero attached hydrogens (tertiary/aromatic N) is 4. The van der Waals surface area contributed by atoms with Crippen LogP contribution in [0.2, 0.25) is 0 Å². The Morgan fingerprint density at radius 3 is 2.23 bits per heavy atom. The molecule has 3 rings (SSSR count). The number of rotatable bonds is 5. The van der Waals surface area contributed by atoms with Crippen LogP contribution in [0.4, 0.5) is 18.9 Å². The van der Waals surface area contributed by atoms with Crippen molar-refractivity contribution in [2.45, 2.75) is 32.0 Å². The van der Waals surface area contributed by atoms with Gasteiger partial charge in [0.15, 0.2) is 16.8 Å².